The van der Waals surface area contributed by atoms with Crippen LogP contribution in [0.5, 0.6) is 0 Å². The zero-order valence-electron chi connectivity index (χ0n) is 9.28. The molecule has 15 heavy (non-hydrogen) atoms. The Morgan fingerprint density at radius 3 is 2.40 bits per heavy atom. The van der Waals surface area contributed by atoms with E-state index < -0.39 is 17.7 Å². The standard InChI is InChI=1S/C10H17NO4/c1-10(2,3)15-9(14)11-8(7-13)5-4-6-12/h6-8H,4-5H2,1-3H3,(H,11,14). The third-order valence-corrected chi connectivity index (χ3v) is 1.46. The minimum atomic E-state index is -0.662. The van der Waals surface area contributed by atoms with E-state index in [1.54, 1.807) is 20.8 Å². The van der Waals surface area contributed by atoms with E-state index >= 15 is 0 Å². The number of hydrogen-bond donors (Lipinski definition) is 1. The molecule has 1 unspecified atom stereocenters. The third kappa shape index (κ3) is 7.66. The lowest BCUT2D eigenvalue weighted by molar-refractivity contribution is -0.110. The highest BCUT2D eigenvalue weighted by Gasteiger charge is 2.18. The number of carbonyl (C=O) groups is 3. The molecule has 0 aliphatic carbocycles. The van der Waals surface area contributed by atoms with Gasteiger partial charge in [-0.15, -0.1) is 0 Å². The number of rotatable bonds is 5. The van der Waals surface area contributed by atoms with E-state index in [9.17, 15) is 14.4 Å². The quantitative estimate of drug-likeness (QED) is 0.696. The van der Waals surface area contributed by atoms with Crippen LogP contribution in [0.3, 0.4) is 0 Å². The van der Waals surface area contributed by atoms with E-state index in [4.69, 9.17) is 4.74 Å². The monoisotopic (exact) mass is 215 g/mol. The van der Waals surface area contributed by atoms with Gasteiger partial charge in [-0.05, 0) is 27.2 Å². The molecule has 0 saturated heterocycles. The van der Waals surface area contributed by atoms with Crippen molar-refractivity contribution in [3.05, 3.63) is 0 Å². The molecule has 0 aromatic carbocycles. The fourth-order valence-corrected chi connectivity index (χ4v) is 0.881. The normalized spacial score (nSPS) is 12.7. The molecule has 0 fully saturated rings. The predicted octanol–water partition coefficient (Wildman–Crippen LogP) is 1.06. The molecule has 0 bridgehead atoms. The molecule has 0 aromatic heterocycles. The molecule has 0 aromatic rings. The molecule has 5 heteroatoms. The summed E-state index contributed by atoms with van der Waals surface area (Å²) in [6.07, 6.45) is 1.18. The van der Waals surface area contributed by atoms with Crippen LogP contribution in [0.4, 0.5) is 4.79 Å². The number of amides is 1. The topological polar surface area (TPSA) is 72.5 Å². The van der Waals surface area contributed by atoms with Crippen molar-refractivity contribution in [2.24, 2.45) is 0 Å². The third-order valence-electron chi connectivity index (χ3n) is 1.46. The Hall–Kier alpha value is -1.39. The van der Waals surface area contributed by atoms with Crippen molar-refractivity contribution < 1.29 is 19.1 Å². The summed E-state index contributed by atoms with van der Waals surface area (Å²) < 4.78 is 4.95. The summed E-state index contributed by atoms with van der Waals surface area (Å²) in [5.74, 6) is 0. The summed E-state index contributed by atoms with van der Waals surface area (Å²) in [5, 5.41) is 2.37. The maximum absolute atomic E-state index is 11.2. The fraction of sp³-hybridized carbons (Fsp3) is 0.700. The van der Waals surface area contributed by atoms with E-state index in [0.29, 0.717) is 19.0 Å². The predicted molar refractivity (Wildman–Crippen MR) is 54.5 cm³/mol. The lowest BCUT2D eigenvalue weighted by atomic mass is 10.2. The van der Waals surface area contributed by atoms with Crippen molar-refractivity contribution in [1.82, 2.24) is 5.32 Å². The number of nitrogens with one attached hydrogen (secondary N) is 1. The number of carbonyl (C=O) groups excluding carboxylic acids is 3. The second kappa shape index (κ2) is 6.16. The van der Waals surface area contributed by atoms with E-state index in [0.717, 1.165) is 0 Å². The first-order valence-electron chi connectivity index (χ1n) is 4.77. The first-order valence-corrected chi connectivity index (χ1v) is 4.77. The Morgan fingerprint density at radius 2 is 2.00 bits per heavy atom. The van der Waals surface area contributed by atoms with Gasteiger partial charge >= 0.3 is 6.09 Å². The summed E-state index contributed by atoms with van der Waals surface area (Å²) in [4.78, 5) is 31.8. The van der Waals surface area contributed by atoms with Gasteiger partial charge in [-0.1, -0.05) is 0 Å². The first kappa shape index (κ1) is 13.6. The molecule has 86 valence electrons. The van der Waals surface area contributed by atoms with Crippen molar-refractivity contribution in [2.45, 2.75) is 45.3 Å². The molecule has 0 aliphatic heterocycles. The van der Waals surface area contributed by atoms with Crippen molar-refractivity contribution in [1.29, 1.82) is 0 Å². The van der Waals surface area contributed by atoms with Crippen LogP contribution >= 0.6 is 0 Å². The molecule has 1 atom stereocenters. The summed E-state index contributed by atoms with van der Waals surface area (Å²) in [7, 11) is 0. The summed E-state index contributed by atoms with van der Waals surface area (Å²) in [6.45, 7) is 5.19. The van der Waals surface area contributed by atoms with Crippen LogP contribution in [-0.4, -0.2) is 30.3 Å². The highest BCUT2D eigenvalue weighted by molar-refractivity contribution is 5.73. The van der Waals surface area contributed by atoms with Crippen LogP contribution in [0.15, 0.2) is 0 Å². The Morgan fingerprint density at radius 1 is 1.40 bits per heavy atom. The van der Waals surface area contributed by atoms with Gasteiger partial charge in [-0.25, -0.2) is 4.79 Å². The summed E-state index contributed by atoms with van der Waals surface area (Å²) in [5.41, 5.74) is -0.595. The highest BCUT2D eigenvalue weighted by Crippen LogP contribution is 2.07. The van der Waals surface area contributed by atoms with Crippen LogP contribution in [0, 0.1) is 0 Å². The largest absolute Gasteiger partial charge is 0.444 e. The van der Waals surface area contributed by atoms with E-state index in [2.05, 4.69) is 5.32 Å². The average molecular weight is 215 g/mol. The second-order valence-electron chi connectivity index (χ2n) is 4.13. The number of alkyl carbamates (subject to hydrolysis) is 1. The highest BCUT2D eigenvalue weighted by atomic mass is 16.6. The van der Waals surface area contributed by atoms with E-state index in [1.807, 2.05) is 0 Å². The van der Waals surface area contributed by atoms with E-state index in [-0.39, 0.29) is 6.42 Å². The molecule has 0 radical (unpaired) electrons. The summed E-state index contributed by atoms with van der Waals surface area (Å²) in [6, 6.07) is -0.662. The molecule has 5 nitrogen and oxygen atoms in total. The van der Waals surface area contributed by atoms with Crippen molar-refractivity contribution >= 4 is 18.7 Å². The van der Waals surface area contributed by atoms with Gasteiger partial charge in [0.2, 0.25) is 0 Å². The minimum Gasteiger partial charge on any atom is -0.444 e. The molecule has 0 heterocycles. The van der Waals surface area contributed by atoms with Gasteiger partial charge in [0.05, 0.1) is 6.04 Å². The zero-order chi connectivity index (χ0) is 11.9. The molecule has 0 saturated carbocycles. The number of aldehydes is 2. The van der Waals surface area contributed by atoms with Crippen LogP contribution in [0.2, 0.25) is 0 Å². The van der Waals surface area contributed by atoms with Crippen molar-refractivity contribution in [2.75, 3.05) is 0 Å². The molecule has 1 amide bonds. The average Bonchev–Trinajstić information content (AvgIpc) is 2.09. The number of ether oxygens (including phenoxy) is 1. The summed E-state index contributed by atoms with van der Waals surface area (Å²) >= 11 is 0. The minimum absolute atomic E-state index is 0.235. The van der Waals surface area contributed by atoms with Crippen LogP contribution in [0.1, 0.15) is 33.6 Å². The van der Waals surface area contributed by atoms with Gasteiger partial charge in [0.25, 0.3) is 0 Å². The Kier molecular flexibility index (Phi) is 5.59. The fourth-order valence-electron chi connectivity index (χ4n) is 0.881. The van der Waals surface area contributed by atoms with Gasteiger partial charge in [-0.2, -0.15) is 0 Å². The van der Waals surface area contributed by atoms with Crippen molar-refractivity contribution in [3.8, 4) is 0 Å². The van der Waals surface area contributed by atoms with Gasteiger partial charge in [0.15, 0.2) is 0 Å². The number of hydrogen-bond acceptors (Lipinski definition) is 4. The van der Waals surface area contributed by atoms with Crippen molar-refractivity contribution in [3.63, 3.8) is 0 Å². The zero-order valence-corrected chi connectivity index (χ0v) is 9.28. The maximum atomic E-state index is 11.2. The van der Waals surface area contributed by atoms with Crippen LogP contribution < -0.4 is 5.32 Å². The van der Waals surface area contributed by atoms with Gasteiger partial charge in [0.1, 0.15) is 18.2 Å². The molecular formula is C10H17NO4. The Bertz CT molecular complexity index is 232. The first-order chi connectivity index (χ1) is 6.89. The Balaban J connectivity index is 4.01. The molecular weight excluding hydrogens is 198 g/mol. The van der Waals surface area contributed by atoms with E-state index in [1.165, 1.54) is 0 Å². The molecule has 0 rings (SSSR count). The van der Waals surface area contributed by atoms with Gasteiger partial charge in [-0.3, -0.25) is 0 Å². The molecule has 1 N–H and O–H groups in total. The van der Waals surface area contributed by atoms with Gasteiger partial charge in [0, 0.05) is 6.42 Å². The van der Waals surface area contributed by atoms with Crippen LogP contribution in [-0.2, 0) is 14.3 Å². The Labute approximate surface area is 89.2 Å². The maximum Gasteiger partial charge on any atom is 0.408 e. The SMILES string of the molecule is CC(C)(C)OC(=O)NC(C=O)CCC=O. The molecule has 0 aliphatic rings. The smallest absolute Gasteiger partial charge is 0.408 e. The molecule has 0 spiro atoms. The lowest BCUT2D eigenvalue weighted by Crippen LogP contribution is -2.40. The lowest BCUT2D eigenvalue weighted by Gasteiger charge is -2.21. The van der Waals surface area contributed by atoms with Crippen LogP contribution in [0.25, 0.3) is 0 Å². The second-order valence-corrected chi connectivity index (χ2v) is 4.13. The van der Waals surface area contributed by atoms with Gasteiger partial charge < -0.3 is 19.6 Å².